The molecule has 3 rings (SSSR count). The molecule has 0 aliphatic carbocycles. The first-order valence-corrected chi connectivity index (χ1v) is 14.0. The summed E-state index contributed by atoms with van der Waals surface area (Å²) in [6, 6.07) is 9.99. The minimum atomic E-state index is -1.83. The number of ether oxygens (including phenoxy) is 3. The molecule has 1 aromatic carbocycles. The summed E-state index contributed by atoms with van der Waals surface area (Å²) in [7, 11) is -1.83. The zero-order chi connectivity index (χ0) is 21.8. The number of aliphatic hydroxyl groups excluding tert-OH is 1. The van der Waals surface area contributed by atoms with Gasteiger partial charge in [0.15, 0.2) is 14.6 Å². The lowest BCUT2D eigenvalue weighted by Crippen LogP contribution is -2.46. The quantitative estimate of drug-likeness (QED) is 0.523. The zero-order valence-electron chi connectivity index (χ0n) is 19.0. The molecule has 5 atom stereocenters. The van der Waals surface area contributed by atoms with Gasteiger partial charge in [0.05, 0.1) is 24.9 Å². The van der Waals surface area contributed by atoms with Gasteiger partial charge in [-0.25, -0.2) is 0 Å². The maximum atomic E-state index is 10.7. The van der Waals surface area contributed by atoms with Gasteiger partial charge in [-0.05, 0) is 37.4 Å². The first kappa shape index (κ1) is 23.6. The highest BCUT2D eigenvalue weighted by molar-refractivity contribution is 6.74. The molecular weight excluding hydrogens is 396 g/mol. The first-order chi connectivity index (χ1) is 14.2. The normalized spacial score (nSPS) is 31.9. The van der Waals surface area contributed by atoms with E-state index >= 15 is 0 Å². The second kappa shape index (κ2) is 10.1. The molecule has 0 aromatic heterocycles. The fourth-order valence-electron chi connectivity index (χ4n) is 3.53. The molecule has 1 N–H and O–H groups in total. The Hall–Kier alpha value is -1.02. The van der Waals surface area contributed by atoms with Crippen LogP contribution in [0, 0.1) is 0 Å². The Labute approximate surface area is 182 Å². The summed E-state index contributed by atoms with van der Waals surface area (Å²) in [5.41, 5.74) is 1.01. The smallest absolute Gasteiger partial charge is 0.191 e. The molecular formula is C24H38O5Si. The van der Waals surface area contributed by atoms with E-state index in [1.54, 1.807) is 0 Å². The van der Waals surface area contributed by atoms with E-state index in [0.29, 0.717) is 26.1 Å². The summed E-state index contributed by atoms with van der Waals surface area (Å²) in [5, 5.41) is 10.9. The minimum Gasteiger partial charge on any atom is -0.417 e. The van der Waals surface area contributed by atoms with Crippen molar-refractivity contribution in [3.8, 4) is 0 Å². The van der Waals surface area contributed by atoms with Crippen LogP contribution in [0.2, 0.25) is 18.1 Å². The molecule has 2 heterocycles. The summed E-state index contributed by atoms with van der Waals surface area (Å²) in [5.74, 6) is 0. The molecule has 1 fully saturated rings. The number of hydrogen-bond donors (Lipinski definition) is 1. The maximum Gasteiger partial charge on any atom is 0.191 e. The van der Waals surface area contributed by atoms with Crippen molar-refractivity contribution in [1.82, 2.24) is 0 Å². The van der Waals surface area contributed by atoms with Crippen molar-refractivity contribution in [1.29, 1.82) is 0 Å². The Morgan fingerprint density at radius 1 is 1.03 bits per heavy atom. The van der Waals surface area contributed by atoms with Crippen LogP contribution in [0.15, 0.2) is 42.5 Å². The van der Waals surface area contributed by atoms with Crippen LogP contribution in [0.4, 0.5) is 0 Å². The fourth-order valence-corrected chi connectivity index (χ4v) is 4.60. The molecule has 1 aromatic rings. The molecule has 0 spiro atoms. The lowest BCUT2D eigenvalue weighted by molar-refractivity contribution is -0.276. The van der Waals surface area contributed by atoms with Crippen molar-refractivity contribution >= 4 is 8.32 Å². The van der Waals surface area contributed by atoms with Crippen LogP contribution in [0.25, 0.3) is 0 Å². The summed E-state index contributed by atoms with van der Waals surface area (Å²) in [6.45, 7) is 12.2. The number of aliphatic hydroxyl groups is 1. The van der Waals surface area contributed by atoms with Crippen LogP contribution in [-0.2, 0) is 18.6 Å². The highest BCUT2D eigenvalue weighted by atomic mass is 28.4. The van der Waals surface area contributed by atoms with Crippen LogP contribution >= 0.6 is 0 Å². The molecule has 30 heavy (non-hydrogen) atoms. The Balaban J connectivity index is 1.62. The molecule has 5 nitrogen and oxygen atoms in total. The minimum absolute atomic E-state index is 0.102. The van der Waals surface area contributed by atoms with Gasteiger partial charge in [0.25, 0.3) is 0 Å². The van der Waals surface area contributed by atoms with E-state index in [0.717, 1.165) is 12.0 Å². The van der Waals surface area contributed by atoms with Crippen LogP contribution in [0.3, 0.4) is 0 Å². The number of hydrogen-bond acceptors (Lipinski definition) is 5. The van der Waals surface area contributed by atoms with Crippen LogP contribution in [-0.4, -0.2) is 51.1 Å². The fraction of sp³-hybridized carbons (Fsp3) is 0.667. The van der Waals surface area contributed by atoms with E-state index in [9.17, 15) is 5.11 Å². The van der Waals surface area contributed by atoms with Crippen molar-refractivity contribution in [3.05, 3.63) is 48.0 Å². The Bertz CT molecular complexity index is 685. The van der Waals surface area contributed by atoms with E-state index in [1.165, 1.54) is 0 Å². The van der Waals surface area contributed by atoms with Crippen LogP contribution < -0.4 is 0 Å². The van der Waals surface area contributed by atoms with Gasteiger partial charge in [0.1, 0.15) is 6.10 Å². The third-order valence-electron chi connectivity index (χ3n) is 6.56. The molecule has 0 unspecified atom stereocenters. The van der Waals surface area contributed by atoms with Gasteiger partial charge < -0.3 is 23.7 Å². The average Bonchev–Trinajstić information content (AvgIpc) is 2.77. The predicted molar refractivity (Wildman–Crippen MR) is 121 cm³/mol. The Kier molecular flexibility index (Phi) is 7.93. The van der Waals surface area contributed by atoms with E-state index in [1.807, 2.05) is 36.4 Å². The van der Waals surface area contributed by atoms with Gasteiger partial charge in [-0.1, -0.05) is 63.3 Å². The van der Waals surface area contributed by atoms with Crippen molar-refractivity contribution in [2.24, 2.45) is 0 Å². The molecule has 0 saturated carbocycles. The SMILES string of the molecule is CC(C)(C)[Si](C)(C)OCC[C@@H]1O[C@@H]2CO[C@@H](c3ccccc3)O[C@H]2C/C=C\C[C@H]1O. The summed E-state index contributed by atoms with van der Waals surface area (Å²) >= 11 is 0. The Morgan fingerprint density at radius 2 is 1.73 bits per heavy atom. The number of rotatable bonds is 5. The summed E-state index contributed by atoms with van der Waals surface area (Å²) in [4.78, 5) is 0. The molecule has 0 radical (unpaired) electrons. The molecule has 6 heteroatoms. The standard InChI is InChI=1S/C24H38O5Si/c1-24(2,3)30(4,5)27-16-15-20-19(25)13-9-10-14-21-22(28-20)17-26-23(29-21)18-11-7-6-8-12-18/h6-12,19-23,25H,13-17H2,1-5H3/b10-9-/t19-,20+,21+,22-,23-/m1/s1. The van der Waals surface area contributed by atoms with Crippen molar-refractivity contribution in [2.45, 2.75) is 88.9 Å². The van der Waals surface area contributed by atoms with E-state index in [2.05, 4.69) is 39.9 Å². The summed E-state index contributed by atoms with van der Waals surface area (Å²) < 4.78 is 24.9. The Morgan fingerprint density at radius 3 is 2.43 bits per heavy atom. The molecule has 0 amide bonds. The second-order valence-electron chi connectivity index (χ2n) is 9.87. The molecule has 1 saturated heterocycles. The molecule has 2 aliphatic rings. The number of fused-ring (bicyclic) bond motifs is 1. The molecule has 2 aliphatic heterocycles. The second-order valence-corrected chi connectivity index (χ2v) is 14.7. The third-order valence-corrected chi connectivity index (χ3v) is 11.1. The lowest BCUT2D eigenvalue weighted by atomic mass is 10.1. The van der Waals surface area contributed by atoms with Gasteiger partial charge in [-0.3, -0.25) is 0 Å². The topological polar surface area (TPSA) is 57.2 Å². The first-order valence-electron chi connectivity index (χ1n) is 11.1. The van der Waals surface area contributed by atoms with Crippen LogP contribution in [0.5, 0.6) is 0 Å². The maximum absolute atomic E-state index is 10.7. The van der Waals surface area contributed by atoms with Gasteiger partial charge in [0.2, 0.25) is 0 Å². The van der Waals surface area contributed by atoms with Crippen molar-refractivity contribution in [3.63, 3.8) is 0 Å². The van der Waals surface area contributed by atoms with E-state index in [4.69, 9.17) is 18.6 Å². The molecule has 0 bridgehead atoms. The van der Waals surface area contributed by atoms with E-state index < -0.39 is 14.4 Å². The highest BCUT2D eigenvalue weighted by Crippen LogP contribution is 2.37. The monoisotopic (exact) mass is 434 g/mol. The third kappa shape index (κ3) is 6.02. The van der Waals surface area contributed by atoms with Gasteiger partial charge >= 0.3 is 0 Å². The highest BCUT2D eigenvalue weighted by Gasteiger charge is 2.39. The van der Waals surface area contributed by atoms with Gasteiger partial charge in [-0.2, -0.15) is 0 Å². The number of benzene rings is 1. The molecule has 168 valence electrons. The predicted octanol–water partition coefficient (Wildman–Crippen LogP) is 4.98. The zero-order valence-corrected chi connectivity index (χ0v) is 20.0. The van der Waals surface area contributed by atoms with Gasteiger partial charge in [-0.15, -0.1) is 0 Å². The lowest BCUT2D eigenvalue weighted by Gasteiger charge is -2.39. The van der Waals surface area contributed by atoms with E-state index in [-0.39, 0.29) is 29.6 Å². The summed E-state index contributed by atoms with van der Waals surface area (Å²) in [6.07, 6.45) is 4.56. The average molecular weight is 435 g/mol. The van der Waals surface area contributed by atoms with Crippen molar-refractivity contribution < 1.29 is 23.7 Å². The van der Waals surface area contributed by atoms with Gasteiger partial charge in [0, 0.05) is 12.2 Å². The van der Waals surface area contributed by atoms with Crippen LogP contribution in [0.1, 0.15) is 51.9 Å². The van der Waals surface area contributed by atoms with Crippen molar-refractivity contribution in [2.75, 3.05) is 13.2 Å². The largest absolute Gasteiger partial charge is 0.417 e.